The molecule has 0 fully saturated rings. The van der Waals surface area contributed by atoms with Gasteiger partial charge in [-0.15, -0.1) is 0 Å². The normalized spacial score (nSPS) is 11.5. The second-order valence-corrected chi connectivity index (χ2v) is 6.61. The summed E-state index contributed by atoms with van der Waals surface area (Å²) in [5, 5.41) is 7.04. The van der Waals surface area contributed by atoms with Gasteiger partial charge in [0, 0.05) is 23.4 Å². The number of amides is 1. The van der Waals surface area contributed by atoms with Crippen LogP contribution < -0.4 is 5.32 Å². The third kappa shape index (κ3) is 5.02. The Morgan fingerprint density at radius 3 is 2.68 bits per heavy atom. The standard InChI is InChI=1S/C18H12Cl2F3N3O2/c19-12-4-5-13(20)14(9-12)24-15(27)6-7-16-25-17(26-28-16)10-2-1-3-11(8-10)18(21,22)23/h1-5,8-9H,6-7H2,(H,24,27). The third-order valence-corrected chi connectivity index (χ3v) is 4.25. The van der Waals surface area contributed by atoms with Gasteiger partial charge < -0.3 is 9.84 Å². The van der Waals surface area contributed by atoms with Crippen molar-refractivity contribution in [1.29, 1.82) is 0 Å². The number of hydrogen-bond donors (Lipinski definition) is 1. The van der Waals surface area contributed by atoms with E-state index in [-0.39, 0.29) is 36.0 Å². The van der Waals surface area contributed by atoms with Crippen LogP contribution >= 0.6 is 23.2 Å². The van der Waals surface area contributed by atoms with Gasteiger partial charge >= 0.3 is 6.18 Å². The lowest BCUT2D eigenvalue weighted by Gasteiger charge is -2.07. The molecule has 0 aliphatic carbocycles. The zero-order valence-electron chi connectivity index (χ0n) is 14.1. The molecule has 0 aliphatic heterocycles. The monoisotopic (exact) mass is 429 g/mol. The molecular formula is C18H12Cl2F3N3O2. The predicted molar refractivity (Wildman–Crippen MR) is 98.1 cm³/mol. The molecule has 5 nitrogen and oxygen atoms in total. The predicted octanol–water partition coefficient (Wildman–Crippen LogP) is 5.63. The summed E-state index contributed by atoms with van der Waals surface area (Å²) < 4.78 is 43.4. The van der Waals surface area contributed by atoms with E-state index in [1.807, 2.05) is 0 Å². The van der Waals surface area contributed by atoms with Gasteiger partial charge in [-0.3, -0.25) is 4.79 Å². The fraction of sp³-hybridized carbons (Fsp3) is 0.167. The zero-order valence-corrected chi connectivity index (χ0v) is 15.6. The number of aryl methyl sites for hydroxylation is 1. The highest BCUT2D eigenvalue weighted by Gasteiger charge is 2.30. The highest BCUT2D eigenvalue weighted by Crippen LogP contribution is 2.31. The number of aromatic nitrogens is 2. The van der Waals surface area contributed by atoms with Gasteiger partial charge in [0.25, 0.3) is 0 Å². The molecule has 3 aromatic rings. The molecule has 1 N–H and O–H groups in total. The van der Waals surface area contributed by atoms with Crippen molar-refractivity contribution in [3.63, 3.8) is 0 Å². The van der Waals surface area contributed by atoms with E-state index >= 15 is 0 Å². The second kappa shape index (κ2) is 8.20. The van der Waals surface area contributed by atoms with Crippen molar-refractivity contribution in [1.82, 2.24) is 10.1 Å². The maximum absolute atomic E-state index is 12.8. The first-order valence-electron chi connectivity index (χ1n) is 7.97. The van der Waals surface area contributed by atoms with E-state index in [9.17, 15) is 18.0 Å². The number of hydrogen-bond acceptors (Lipinski definition) is 4. The summed E-state index contributed by atoms with van der Waals surface area (Å²) >= 11 is 11.8. The van der Waals surface area contributed by atoms with Crippen molar-refractivity contribution in [2.45, 2.75) is 19.0 Å². The van der Waals surface area contributed by atoms with Crippen LogP contribution in [0.25, 0.3) is 11.4 Å². The van der Waals surface area contributed by atoms with Crippen LogP contribution in [0.3, 0.4) is 0 Å². The SMILES string of the molecule is O=C(CCc1nc(-c2cccc(C(F)(F)F)c2)no1)Nc1cc(Cl)ccc1Cl. The maximum atomic E-state index is 12.8. The number of alkyl halides is 3. The van der Waals surface area contributed by atoms with E-state index in [4.69, 9.17) is 27.7 Å². The average Bonchev–Trinajstić information content (AvgIpc) is 3.12. The maximum Gasteiger partial charge on any atom is 0.416 e. The number of halogens is 5. The Hall–Kier alpha value is -2.58. The van der Waals surface area contributed by atoms with Crippen molar-refractivity contribution < 1.29 is 22.5 Å². The number of nitrogens with one attached hydrogen (secondary N) is 1. The molecule has 1 aromatic heterocycles. The van der Waals surface area contributed by atoms with Crippen molar-refractivity contribution in [2.24, 2.45) is 0 Å². The summed E-state index contributed by atoms with van der Waals surface area (Å²) in [4.78, 5) is 16.1. The molecule has 1 amide bonds. The molecule has 0 radical (unpaired) electrons. The van der Waals surface area contributed by atoms with Crippen LogP contribution in [0.5, 0.6) is 0 Å². The Balaban J connectivity index is 1.64. The fourth-order valence-electron chi connectivity index (χ4n) is 2.33. The van der Waals surface area contributed by atoms with E-state index in [0.29, 0.717) is 15.7 Å². The smallest absolute Gasteiger partial charge is 0.339 e. The number of carbonyl (C=O) groups is 1. The van der Waals surface area contributed by atoms with Gasteiger partial charge in [0.2, 0.25) is 17.6 Å². The zero-order chi connectivity index (χ0) is 20.3. The summed E-state index contributed by atoms with van der Waals surface area (Å²) in [6, 6.07) is 9.25. The molecule has 0 bridgehead atoms. The van der Waals surface area contributed by atoms with E-state index in [0.717, 1.165) is 12.1 Å². The molecule has 0 unspecified atom stereocenters. The molecule has 3 rings (SSSR count). The molecule has 0 aliphatic rings. The van der Waals surface area contributed by atoms with Gasteiger partial charge in [-0.1, -0.05) is 40.5 Å². The first kappa shape index (κ1) is 20.2. The molecule has 10 heteroatoms. The molecule has 0 saturated carbocycles. The lowest BCUT2D eigenvalue weighted by molar-refractivity contribution is -0.137. The number of benzene rings is 2. The summed E-state index contributed by atoms with van der Waals surface area (Å²) in [7, 11) is 0. The summed E-state index contributed by atoms with van der Waals surface area (Å²) in [6.07, 6.45) is -4.36. The van der Waals surface area contributed by atoms with Gasteiger partial charge in [0.15, 0.2) is 0 Å². The minimum absolute atomic E-state index is 0.00701. The average molecular weight is 430 g/mol. The second-order valence-electron chi connectivity index (χ2n) is 5.76. The minimum Gasteiger partial charge on any atom is -0.339 e. The Morgan fingerprint density at radius 1 is 1.14 bits per heavy atom. The molecule has 0 atom stereocenters. The number of nitrogens with zero attached hydrogens (tertiary/aromatic N) is 2. The fourth-order valence-corrected chi connectivity index (χ4v) is 2.67. The van der Waals surface area contributed by atoms with Gasteiger partial charge in [-0.25, -0.2) is 0 Å². The van der Waals surface area contributed by atoms with Crippen LogP contribution in [0.15, 0.2) is 47.0 Å². The van der Waals surface area contributed by atoms with Gasteiger partial charge in [-0.05, 0) is 30.3 Å². The summed E-state index contributed by atoms with van der Waals surface area (Å²) in [6.45, 7) is 0. The molecule has 0 saturated heterocycles. The Bertz CT molecular complexity index is 1010. The topological polar surface area (TPSA) is 68.0 Å². The highest BCUT2D eigenvalue weighted by molar-refractivity contribution is 6.35. The van der Waals surface area contributed by atoms with Crippen molar-refractivity contribution >= 4 is 34.8 Å². The van der Waals surface area contributed by atoms with Crippen molar-refractivity contribution in [3.8, 4) is 11.4 Å². The first-order valence-corrected chi connectivity index (χ1v) is 8.73. The highest BCUT2D eigenvalue weighted by atomic mass is 35.5. The van der Waals surface area contributed by atoms with E-state index in [1.54, 1.807) is 12.1 Å². The van der Waals surface area contributed by atoms with E-state index in [2.05, 4.69) is 15.5 Å². The molecule has 146 valence electrons. The summed E-state index contributed by atoms with van der Waals surface area (Å²) in [5.74, 6) is -0.220. The molecular weight excluding hydrogens is 418 g/mol. The Kier molecular flexibility index (Phi) is 5.90. The van der Waals surface area contributed by atoms with Crippen LogP contribution in [-0.4, -0.2) is 16.0 Å². The Labute approximate surface area is 167 Å². The molecule has 28 heavy (non-hydrogen) atoms. The molecule has 1 heterocycles. The van der Waals surface area contributed by atoms with Crippen molar-refractivity contribution in [2.75, 3.05) is 5.32 Å². The van der Waals surface area contributed by atoms with Gasteiger partial charge in [0.1, 0.15) is 0 Å². The molecule has 2 aromatic carbocycles. The molecule has 0 spiro atoms. The third-order valence-electron chi connectivity index (χ3n) is 3.68. The van der Waals surface area contributed by atoms with E-state index in [1.165, 1.54) is 18.2 Å². The van der Waals surface area contributed by atoms with Gasteiger partial charge in [-0.2, -0.15) is 18.2 Å². The van der Waals surface area contributed by atoms with Crippen LogP contribution in [0.4, 0.5) is 18.9 Å². The van der Waals surface area contributed by atoms with Crippen LogP contribution in [0.1, 0.15) is 17.9 Å². The van der Waals surface area contributed by atoms with Crippen molar-refractivity contribution in [3.05, 3.63) is 64.0 Å². The number of carbonyl (C=O) groups excluding carboxylic acids is 1. The quantitative estimate of drug-likeness (QED) is 0.570. The number of anilines is 1. The van der Waals surface area contributed by atoms with E-state index < -0.39 is 11.7 Å². The Morgan fingerprint density at radius 2 is 1.93 bits per heavy atom. The first-order chi connectivity index (χ1) is 13.2. The lowest BCUT2D eigenvalue weighted by atomic mass is 10.1. The van der Waals surface area contributed by atoms with Crippen LogP contribution in [0.2, 0.25) is 10.0 Å². The lowest BCUT2D eigenvalue weighted by Crippen LogP contribution is -2.12. The summed E-state index contributed by atoms with van der Waals surface area (Å²) in [5.41, 5.74) is -0.275. The minimum atomic E-state index is -4.47. The van der Waals surface area contributed by atoms with Crippen LogP contribution in [0, 0.1) is 0 Å². The largest absolute Gasteiger partial charge is 0.416 e. The van der Waals surface area contributed by atoms with Gasteiger partial charge in [0.05, 0.1) is 16.3 Å². The van der Waals surface area contributed by atoms with Crippen LogP contribution in [-0.2, 0) is 17.4 Å². The number of rotatable bonds is 5.